The van der Waals surface area contributed by atoms with Crippen molar-refractivity contribution in [1.82, 2.24) is 0 Å². The van der Waals surface area contributed by atoms with Crippen molar-refractivity contribution in [2.75, 3.05) is 17.8 Å². The number of benzene rings is 3. The van der Waals surface area contributed by atoms with Crippen molar-refractivity contribution in [1.29, 1.82) is 0 Å². The third-order valence-electron chi connectivity index (χ3n) is 5.07. The third-order valence-corrected chi connectivity index (χ3v) is 7.68. The SMILES string of the molecule is CCOc1cc(/C=C2/SC(=S)N(c3cccc(SC)c3)C2=O)ccc1OCc1ccc(Cl)cc1Cl. The molecule has 0 aromatic heterocycles. The van der Waals surface area contributed by atoms with E-state index in [9.17, 15) is 4.79 Å². The zero-order valence-electron chi connectivity index (χ0n) is 18.9. The lowest BCUT2D eigenvalue weighted by atomic mass is 10.1. The fourth-order valence-corrected chi connectivity index (χ4v) is 5.60. The molecule has 0 spiro atoms. The van der Waals surface area contributed by atoms with E-state index in [1.165, 1.54) is 11.8 Å². The first-order valence-electron chi connectivity index (χ1n) is 10.6. The molecular formula is C26H21Cl2NO3S3. The Labute approximate surface area is 228 Å². The minimum absolute atomic E-state index is 0.145. The van der Waals surface area contributed by atoms with Gasteiger partial charge >= 0.3 is 0 Å². The Hall–Kier alpha value is -2.16. The summed E-state index contributed by atoms with van der Waals surface area (Å²) in [6.45, 7) is 2.64. The van der Waals surface area contributed by atoms with E-state index < -0.39 is 0 Å². The van der Waals surface area contributed by atoms with E-state index >= 15 is 0 Å². The van der Waals surface area contributed by atoms with E-state index in [1.807, 2.05) is 67.8 Å². The van der Waals surface area contributed by atoms with Gasteiger partial charge in [0, 0.05) is 20.5 Å². The van der Waals surface area contributed by atoms with Crippen LogP contribution in [0.3, 0.4) is 0 Å². The maximum absolute atomic E-state index is 13.2. The summed E-state index contributed by atoms with van der Waals surface area (Å²) in [6.07, 6.45) is 3.82. The van der Waals surface area contributed by atoms with Crippen LogP contribution >= 0.6 is 58.9 Å². The normalized spacial score (nSPS) is 14.6. The van der Waals surface area contributed by atoms with Gasteiger partial charge in [0.1, 0.15) is 6.61 Å². The number of thioether (sulfide) groups is 2. The number of thiocarbonyl (C=S) groups is 1. The molecule has 180 valence electrons. The van der Waals surface area contributed by atoms with E-state index in [-0.39, 0.29) is 12.5 Å². The Kier molecular flexibility index (Phi) is 8.68. The summed E-state index contributed by atoms with van der Waals surface area (Å²) >= 11 is 20.7. The van der Waals surface area contributed by atoms with Gasteiger partial charge in [0.15, 0.2) is 15.8 Å². The van der Waals surface area contributed by atoms with Gasteiger partial charge in [-0.3, -0.25) is 9.69 Å². The molecule has 0 atom stereocenters. The number of nitrogens with zero attached hydrogens (tertiary/aromatic N) is 1. The Morgan fingerprint density at radius 2 is 1.89 bits per heavy atom. The van der Waals surface area contributed by atoms with Crippen LogP contribution in [0, 0.1) is 0 Å². The number of hydrogen-bond donors (Lipinski definition) is 0. The highest BCUT2D eigenvalue weighted by Crippen LogP contribution is 2.38. The van der Waals surface area contributed by atoms with Crippen LogP contribution < -0.4 is 14.4 Å². The lowest BCUT2D eigenvalue weighted by Gasteiger charge is -2.15. The minimum atomic E-state index is -0.145. The first-order valence-corrected chi connectivity index (χ1v) is 13.9. The Morgan fingerprint density at radius 3 is 2.63 bits per heavy atom. The van der Waals surface area contributed by atoms with Gasteiger partial charge < -0.3 is 9.47 Å². The molecule has 1 aliphatic heterocycles. The summed E-state index contributed by atoms with van der Waals surface area (Å²) in [5.74, 6) is 1.01. The molecule has 1 heterocycles. The number of ether oxygens (including phenoxy) is 2. The second kappa shape index (κ2) is 11.7. The predicted octanol–water partition coefficient (Wildman–Crippen LogP) is 8.10. The van der Waals surface area contributed by atoms with E-state index in [4.69, 9.17) is 44.9 Å². The fraction of sp³-hybridized carbons (Fsp3) is 0.154. The molecule has 0 N–H and O–H groups in total. The molecule has 1 aliphatic rings. The second-order valence-electron chi connectivity index (χ2n) is 7.38. The molecule has 1 amide bonds. The first-order chi connectivity index (χ1) is 16.9. The number of hydrogen-bond acceptors (Lipinski definition) is 6. The van der Waals surface area contributed by atoms with Gasteiger partial charge in [-0.1, -0.05) is 65.4 Å². The van der Waals surface area contributed by atoms with Gasteiger partial charge in [-0.05, 0) is 67.3 Å². The molecule has 9 heteroatoms. The van der Waals surface area contributed by atoms with Crippen LogP contribution in [-0.2, 0) is 11.4 Å². The van der Waals surface area contributed by atoms with Crippen LogP contribution in [0.25, 0.3) is 6.08 Å². The van der Waals surface area contributed by atoms with Crippen molar-refractivity contribution in [3.8, 4) is 11.5 Å². The molecule has 0 bridgehead atoms. The van der Waals surface area contributed by atoms with E-state index in [1.54, 1.807) is 28.8 Å². The van der Waals surface area contributed by atoms with E-state index in [2.05, 4.69) is 0 Å². The summed E-state index contributed by atoms with van der Waals surface area (Å²) in [5.41, 5.74) is 2.39. The second-order valence-corrected chi connectivity index (χ2v) is 10.8. The summed E-state index contributed by atoms with van der Waals surface area (Å²) in [7, 11) is 0. The van der Waals surface area contributed by atoms with Crippen molar-refractivity contribution in [2.45, 2.75) is 18.4 Å². The van der Waals surface area contributed by atoms with Gasteiger partial charge in [0.25, 0.3) is 5.91 Å². The van der Waals surface area contributed by atoms with Crippen molar-refractivity contribution >= 4 is 80.9 Å². The van der Waals surface area contributed by atoms with Gasteiger partial charge in [-0.25, -0.2) is 0 Å². The molecule has 3 aromatic carbocycles. The number of amides is 1. The summed E-state index contributed by atoms with van der Waals surface area (Å²) in [4.78, 5) is 16.4. The summed E-state index contributed by atoms with van der Waals surface area (Å²) < 4.78 is 12.3. The van der Waals surface area contributed by atoms with Crippen molar-refractivity contribution in [3.05, 3.63) is 86.7 Å². The molecule has 0 aliphatic carbocycles. The lowest BCUT2D eigenvalue weighted by molar-refractivity contribution is -0.113. The van der Waals surface area contributed by atoms with Crippen LogP contribution in [0.1, 0.15) is 18.1 Å². The molecule has 1 fully saturated rings. The number of rotatable bonds is 8. The topological polar surface area (TPSA) is 38.8 Å². The van der Waals surface area contributed by atoms with Crippen molar-refractivity contribution in [2.24, 2.45) is 0 Å². The zero-order valence-corrected chi connectivity index (χ0v) is 22.9. The average Bonchev–Trinajstić information content (AvgIpc) is 3.12. The molecular weight excluding hydrogens is 541 g/mol. The highest BCUT2D eigenvalue weighted by molar-refractivity contribution is 8.27. The smallest absolute Gasteiger partial charge is 0.270 e. The van der Waals surface area contributed by atoms with Crippen LogP contribution in [-0.4, -0.2) is 23.1 Å². The van der Waals surface area contributed by atoms with E-state index in [0.717, 1.165) is 21.7 Å². The Balaban J connectivity index is 1.55. The molecule has 1 saturated heterocycles. The van der Waals surface area contributed by atoms with Crippen molar-refractivity contribution < 1.29 is 14.3 Å². The summed E-state index contributed by atoms with van der Waals surface area (Å²) in [5, 5.41) is 1.11. The van der Waals surface area contributed by atoms with Crippen LogP contribution in [0.15, 0.2) is 70.5 Å². The maximum atomic E-state index is 13.2. The number of carbonyl (C=O) groups is 1. The molecule has 0 saturated carbocycles. The first kappa shape index (κ1) is 25.9. The van der Waals surface area contributed by atoms with Gasteiger partial charge in [0.2, 0.25) is 0 Å². The van der Waals surface area contributed by atoms with Crippen LogP contribution in [0.5, 0.6) is 11.5 Å². The summed E-state index contributed by atoms with van der Waals surface area (Å²) in [6, 6.07) is 18.6. The predicted molar refractivity (Wildman–Crippen MR) is 152 cm³/mol. The Morgan fingerprint density at radius 1 is 1.06 bits per heavy atom. The lowest BCUT2D eigenvalue weighted by Crippen LogP contribution is -2.27. The molecule has 0 radical (unpaired) electrons. The molecule has 4 rings (SSSR count). The van der Waals surface area contributed by atoms with Gasteiger partial charge in [0.05, 0.1) is 17.2 Å². The van der Waals surface area contributed by atoms with E-state index in [0.29, 0.717) is 37.4 Å². The number of halogens is 2. The fourth-order valence-electron chi connectivity index (χ4n) is 3.39. The average molecular weight is 563 g/mol. The monoisotopic (exact) mass is 561 g/mol. The Bertz CT molecular complexity index is 1310. The maximum Gasteiger partial charge on any atom is 0.270 e. The molecule has 35 heavy (non-hydrogen) atoms. The highest BCUT2D eigenvalue weighted by atomic mass is 35.5. The minimum Gasteiger partial charge on any atom is -0.490 e. The van der Waals surface area contributed by atoms with Gasteiger partial charge in [-0.2, -0.15) is 0 Å². The number of anilines is 1. The van der Waals surface area contributed by atoms with Crippen LogP contribution in [0.4, 0.5) is 5.69 Å². The van der Waals surface area contributed by atoms with Crippen LogP contribution in [0.2, 0.25) is 10.0 Å². The number of carbonyl (C=O) groups excluding carboxylic acids is 1. The van der Waals surface area contributed by atoms with Crippen molar-refractivity contribution in [3.63, 3.8) is 0 Å². The van der Waals surface area contributed by atoms with Gasteiger partial charge in [-0.15, -0.1) is 11.8 Å². The molecule has 0 unspecified atom stereocenters. The standard InChI is InChI=1S/C26H21Cl2NO3S3/c1-3-31-23-11-16(7-10-22(23)32-15-17-8-9-18(27)13-21(17)28)12-24-25(30)29(26(33)35-24)19-5-4-6-20(14-19)34-2/h4-14H,3,15H2,1-2H3/b24-12+. The largest absolute Gasteiger partial charge is 0.490 e. The zero-order chi connectivity index (χ0) is 24.9. The third kappa shape index (κ3) is 6.16. The molecule has 4 nitrogen and oxygen atoms in total. The highest BCUT2D eigenvalue weighted by Gasteiger charge is 2.33. The quantitative estimate of drug-likeness (QED) is 0.157. The molecule has 3 aromatic rings.